The Balaban J connectivity index is 1.14. The van der Waals surface area contributed by atoms with Crippen LogP contribution in [0.3, 0.4) is 0 Å². The first-order chi connectivity index (χ1) is 16.8. The average Bonchev–Trinajstić information content (AvgIpc) is 3.69. The predicted molar refractivity (Wildman–Crippen MR) is 146 cm³/mol. The molecule has 200 valence electrons. The van der Waals surface area contributed by atoms with Gasteiger partial charge in [-0.3, -0.25) is 0 Å². The normalized spacial score (nSPS) is 58.2. The van der Waals surface area contributed by atoms with Gasteiger partial charge in [0.05, 0.1) is 0 Å². The van der Waals surface area contributed by atoms with Crippen molar-refractivity contribution in [2.75, 3.05) is 0 Å². The van der Waals surface area contributed by atoms with Crippen LogP contribution < -0.4 is 17.2 Å². The molecule has 6 N–H and O–H groups in total. The maximum atomic E-state index is 7.14. The highest BCUT2D eigenvalue weighted by atomic mass is 14.8. The summed E-state index contributed by atoms with van der Waals surface area (Å²) in [5.74, 6) is 6.90. The van der Waals surface area contributed by atoms with Gasteiger partial charge in [0, 0.05) is 18.1 Å². The quantitative estimate of drug-likeness (QED) is 0.328. The largest absolute Gasteiger partial charge is 0.327 e. The third-order valence-corrected chi connectivity index (χ3v) is 14.9. The van der Waals surface area contributed by atoms with E-state index in [9.17, 15) is 0 Å². The van der Waals surface area contributed by atoms with Crippen LogP contribution >= 0.6 is 0 Å². The van der Waals surface area contributed by atoms with Crippen LogP contribution in [0, 0.1) is 63.6 Å². The Morgan fingerprint density at radius 1 is 0.600 bits per heavy atom. The van der Waals surface area contributed by atoms with Crippen LogP contribution in [-0.2, 0) is 0 Å². The van der Waals surface area contributed by atoms with Gasteiger partial charge >= 0.3 is 0 Å². The van der Waals surface area contributed by atoms with Crippen LogP contribution in [0.15, 0.2) is 0 Å². The molecule has 6 aliphatic rings. The molecule has 0 aromatic carbocycles. The summed E-state index contributed by atoms with van der Waals surface area (Å²) < 4.78 is 0. The fourth-order valence-electron chi connectivity index (χ4n) is 12.8. The Kier molecular flexibility index (Phi) is 6.26. The van der Waals surface area contributed by atoms with Gasteiger partial charge in [0.1, 0.15) is 0 Å². The van der Waals surface area contributed by atoms with Gasteiger partial charge < -0.3 is 17.2 Å². The van der Waals surface area contributed by atoms with E-state index in [2.05, 4.69) is 27.7 Å². The standard InChI is InChI=1S/C32H57N3/c1-5-30(4)25-17-20(27(30)33)15-23(25)24-16-21-18-26(24)32(7-3,29(21)35)13-9-8-12-31(6-2)22-11-10-19(14-22)28(31)34/h19-29H,5-18,33-35H2,1-4H3/t19-,20-,21+,22+,23?,24?,25-,26+,27-,28-,29+,30+,31?,32?/m0/s1. The predicted octanol–water partition coefficient (Wildman–Crippen LogP) is 6.48. The van der Waals surface area contributed by atoms with Gasteiger partial charge in [0.2, 0.25) is 0 Å². The molecule has 14 atom stereocenters. The van der Waals surface area contributed by atoms with E-state index in [0.29, 0.717) is 34.4 Å². The summed E-state index contributed by atoms with van der Waals surface area (Å²) in [5.41, 5.74) is 22.0. The monoisotopic (exact) mass is 483 g/mol. The number of fused-ring (bicyclic) bond motifs is 6. The molecular weight excluding hydrogens is 426 g/mol. The van der Waals surface area contributed by atoms with Crippen molar-refractivity contribution in [2.24, 2.45) is 80.8 Å². The molecule has 3 heteroatoms. The fourth-order valence-corrected chi connectivity index (χ4v) is 12.8. The Bertz CT molecular complexity index is 794. The minimum atomic E-state index is 0.375. The molecule has 4 unspecified atom stereocenters. The van der Waals surface area contributed by atoms with E-state index in [1.165, 1.54) is 89.9 Å². The highest BCUT2D eigenvalue weighted by Crippen LogP contribution is 2.69. The molecule has 0 saturated heterocycles. The van der Waals surface area contributed by atoms with Gasteiger partial charge in [0.15, 0.2) is 0 Å². The summed E-state index contributed by atoms with van der Waals surface area (Å²) in [5, 5.41) is 0. The van der Waals surface area contributed by atoms with Crippen molar-refractivity contribution in [2.45, 2.75) is 136 Å². The van der Waals surface area contributed by atoms with E-state index in [4.69, 9.17) is 17.2 Å². The van der Waals surface area contributed by atoms with Crippen molar-refractivity contribution in [1.29, 1.82) is 0 Å². The second-order valence-electron chi connectivity index (χ2n) is 15.1. The van der Waals surface area contributed by atoms with Crippen molar-refractivity contribution in [3.8, 4) is 0 Å². The van der Waals surface area contributed by atoms with Gasteiger partial charge in [-0.15, -0.1) is 0 Å². The van der Waals surface area contributed by atoms with Crippen LogP contribution in [0.4, 0.5) is 0 Å². The molecule has 0 spiro atoms. The zero-order chi connectivity index (χ0) is 24.8. The van der Waals surface area contributed by atoms with Crippen LogP contribution in [0.2, 0.25) is 0 Å². The van der Waals surface area contributed by atoms with E-state index in [-0.39, 0.29) is 0 Å². The smallest absolute Gasteiger partial charge is 0.0127 e. The maximum absolute atomic E-state index is 7.14. The first-order valence-corrected chi connectivity index (χ1v) is 16.0. The number of hydrogen-bond acceptors (Lipinski definition) is 3. The van der Waals surface area contributed by atoms with Crippen molar-refractivity contribution in [3.05, 3.63) is 0 Å². The summed E-state index contributed by atoms with van der Waals surface area (Å²) in [6, 6.07) is 1.35. The molecular formula is C32H57N3. The second-order valence-corrected chi connectivity index (χ2v) is 15.1. The number of hydrogen-bond donors (Lipinski definition) is 3. The molecule has 6 saturated carbocycles. The lowest BCUT2D eigenvalue weighted by atomic mass is 9.55. The molecule has 35 heavy (non-hydrogen) atoms. The van der Waals surface area contributed by atoms with Crippen LogP contribution in [0.25, 0.3) is 0 Å². The SMILES string of the molecule is CCC1(CCCCC2(CC)[C@@H]3CC[C@@H](C3)[C@@H]2N)[C@@H]2C[C@@H](CC2C2C[C@H]3C[C@@H]2[C@@](C)(CC)[C@H]3N)[C@H]1N. The molecule has 6 rings (SSSR count). The lowest BCUT2D eigenvalue weighted by Gasteiger charge is -2.52. The van der Waals surface area contributed by atoms with E-state index in [1.54, 1.807) is 0 Å². The highest BCUT2D eigenvalue weighted by Gasteiger charge is 2.65. The maximum Gasteiger partial charge on any atom is 0.0127 e. The van der Waals surface area contributed by atoms with Crippen molar-refractivity contribution in [3.63, 3.8) is 0 Å². The Hall–Kier alpha value is -0.120. The van der Waals surface area contributed by atoms with Crippen molar-refractivity contribution < 1.29 is 0 Å². The lowest BCUT2D eigenvalue weighted by Crippen LogP contribution is -2.53. The van der Waals surface area contributed by atoms with Crippen molar-refractivity contribution in [1.82, 2.24) is 0 Å². The third kappa shape index (κ3) is 3.25. The van der Waals surface area contributed by atoms with Crippen LogP contribution in [0.1, 0.15) is 118 Å². The minimum absolute atomic E-state index is 0.375. The molecule has 6 bridgehead atoms. The van der Waals surface area contributed by atoms with E-state index < -0.39 is 0 Å². The minimum Gasteiger partial charge on any atom is -0.327 e. The topological polar surface area (TPSA) is 78.1 Å². The van der Waals surface area contributed by atoms with Crippen molar-refractivity contribution >= 4 is 0 Å². The van der Waals surface area contributed by atoms with Gasteiger partial charge in [-0.2, -0.15) is 0 Å². The summed E-state index contributed by atoms with van der Waals surface area (Å²) in [6.07, 6.45) is 19.3. The van der Waals surface area contributed by atoms with Gasteiger partial charge in [-0.25, -0.2) is 0 Å². The average molecular weight is 484 g/mol. The molecule has 6 aliphatic carbocycles. The molecule has 0 amide bonds. The Morgan fingerprint density at radius 2 is 1.17 bits per heavy atom. The van der Waals surface area contributed by atoms with E-state index in [0.717, 1.165) is 47.3 Å². The van der Waals surface area contributed by atoms with E-state index in [1.807, 2.05) is 0 Å². The summed E-state index contributed by atoms with van der Waals surface area (Å²) >= 11 is 0. The molecule has 6 fully saturated rings. The number of unbranched alkanes of at least 4 members (excludes halogenated alkanes) is 1. The lowest BCUT2D eigenvalue weighted by molar-refractivity contribution is -0.00947. The second kappa shape index (κ2) is 8.70. The third-order valence-electron chi connectivity index (χ3n) is 14.9. The first-order valence-electron chi connectivity index (χ1n) is 16.0. The zero-order valence-electron chi connectivity index (χ0n) is 23.5. The number of rotatable bonds is 9. The van der Waals surface area contributed by atoms with Crippen LogP contribution in [-0.4, -0.2) is 18.1 Å². The summed E-state index contributed by atoms with van der Waals surface area (Å²) in [4.78, 5) is 0. The van der Waals surface area contributed by atoms with Crippen LogP contribution in [0.5, 0.6) is 0 Å². The molecule has 0 aliphatic heterocycles. The molecule has 0 heterocycles. The summed E-state index contributed by atoms with van der Waals surface area (Å²) in [6.45, 7) is 9.83. The highest BCUT2D eigenvalue weighted by molar-refractivity contribution is 5.17. The first kappa shape index (κ1) is 25.2. The fraction of sp³-hybridized carbons (Fsp3) is 1.00. The molecule has 0 radical (unpaired) electrons. The molecule has 0 aromatic rings. The van der Waals surface area contributed by atoms with Gasteiger partial charge in [0.25, 0.3) is 0 Å². The molecule has 3 nitrogen and oxygen atoms in total. The van der Waals surface area contributed by atoms with E-state index >= 15 is 0 Å². The molecule has 0 aromatic heterocycles. The Morgan fingerprint density at radius 3 is 1.71 bits per heavy atom. The summed E-state index contributed by atoms with van der Waals surface area (Å²) in [7, 11) is 0. The zero-order valence-corrected chi connectivity index (χ0v) is 23.5. The van der Waals surface area contributed by atoms with Gasteiger partial charge in [-0.05, 0) is 141 Å². The van der Waals surface area contributed by atoms with Gasteiger partial charge in [-0.1, -0.05) is 40.5 Å². The number of nitrogens with two attached hydrogens (primary N) is 3. The Labute approximate surface area is 216 Å².